The smallest absolute Gasteiger partial charge is 0.233 e. The van der Waals surface area contributed by atoms with Gasteiger partial charge in [-0.25, -0.2) is 0 Å². The van der Waals surface area contributed by atoms with Crippen molar-refractivity contribution in [3.63, 3.8) is 0 Å². The molecule has 2 N–H and O–H groups in total. The first-order valence-electron chi connectivity index (χ1n) is 9.56. The first-order valence-corrected chi connectivity index (χ1v) is 9.56. The van der Waals surface area contributed by atoms with Crippen molar-refractivity contribution in [2.45, 2.75) is 64.8 Å². The van der Waals surface area contributed by atoms with Crippen LogP contribution in [0.5, 0.6) is 0 Å². The fourth-order valence-electron chi connectivity index (χ4n) is 3.40. The number of hydrogen-bond acceptors (Lipinski definition) is 3. The molecule has 2 rings (SSSR count). The van der Waals surface area contributed by atoms with Crippen LogP contribution in [0.2, 0.25) is 0 Å². The quantitative estimate of drug-likeness (QED) is 0.585. The number of benzene rings is 1. The Labute approximate surface area is 151 Å². The molecular formula is C20H31N3O2. The zero-order valence-corrected chi connectivity index (χ0v) is 15.5. The molecule has 0 unspecified atom stereocenters. The van der Waals surface area contributed by atoms with Crippen LogP contribution >= 0.6 is 0 Å². The second-order valence-corrected chi connectivity index (χ2v) is 6.70. The van der Waals surface area contributed by atoms with Crippen LogP contribution in [-0.2, 0) is 9.59 Å². The van der Waals surface area contributed by atoms with Crippen LogP contribution in [0.25, 0.3) is 0 Å². The summed E-state index contributed by atoms with van der Waals surface area (Å²) in [6.45, 7) is 6.13. The zero-order valence-electron chi connectivity index (χ0n) is 15.5. The molecule has 1 aliphatic rings. The molecule has 5 nitrogen and oxygen atoms in total. The van der Waals surface area contributed by atoms with Gasteiger partial charge in [-0.15, -0.1) is 0 Å². The third kappa shape index (κ3) is 6.40. The molecule has 138 valence electrons. The lowest BCUT2D eigenvalue weighted by molar-refractivity contribution is -0.127. The van der Waals surface area contributed by atoms with E-state index in [9.17, 15) is 9.59 Å². The molecule has 0 spiro atoms. The van der Waals surface area contributed by atoms with Gasteiger partial charge in [-0.1, -0.05) is 25.7 Å². The Kier molecular flexibility index (Phi) is 7.76. The molecule has 1 fully saturated rings. The summed E-state index contributed by atoms with van der Waals surface area (Å²) in [7, 11) is 0. The number of rotatable bonds is 7. The number of nitrogens with one attached hydrogen (secondary N) is 2. The fraction of sp³-hybridized carbons (Fsp3) is 0.600. The van der Waals surface area contributed by atoms with E-state index in [0.717, 1.165) is 50.1 Å². The minimum atomic E-state index is -0.262. The Morgan fingerprint density at radius 3 is 2.12 bits per heavy atom. The van der Waals surface area contributed by atoms with Gasteiger partial charge in [0, 0.05) is 30.5 Å². The van der Waals surface area contributed by atoms with Gasteiger partial charge in [0.15, 0.2) is 0 Å². The van der Waals surface area contributed by atoms with Crippen molar-refractivity contribution in [1.29, 1.82) is 0 Å². The number of amides is 2. The first kappa shape index (κ1) is 19.3. The first-order chi connectivity index (χ1) is 12.1. The highest BCUT2D eigenvalue weighted by Gasteiger charge is 2.16. The Hall–Kier alpha value is -2.04. The number of carbonyl (C=O) groups excluding carboxylic acids is 2. The predicted octanol–water partition coefficient (Wildman–Crippen LogP) is 3.70. The SMILES string of the molecule is CCN(CC)c1ccc(NC(=O)CC(=O)NC2CCCCCC2)cc1. The van der Waals surface area contributed by atoms with E-state index >= 15 is 0 Å². The summed E-state index contributed by atoms with van der Waals surface area (Å²) in [6, 6.07) is 7.99. The van der Waals surface area contributed by atoms with Crippen LogP contribution in [0.1, 0.15) is 58.8 Å². The Morgan fingerprint density at radius 2 is 1.56 bits per heavy atom. The van der Waals surface area contributed by atoms with Gasteiger partial charge in [-0.2, -0.15) is 0 Å². The Bertz CT molecular complexity index is 545. The monoisotopic (exact) mass is 345 g/mol. The number of hydrogen-bond donors (Lipinski definition) is 2. The third-order valence-electron chi connectivity index (χ3n) is 4.82. The maximum absolute atomic E-state index is 12.1. The maximum Gasteiger partial charge on any atom is 0.233 e. The molecule has 2 amide bonds. The molecule has 5 heteroatoms. The molecule has 25 heavy (non-hydrogen) atoms. The summed E-state index contributed by atoms with van der Waals surface area (Å²) in [6.07, 6.45) is 6.76. The van der Waals surface area contributed by atoms with E-state index in [1.54, 1.807) is 0 Å². The van der Waals surface area contributed by atoms with Crippen molar-refractivity contribution in [2.75, 3.05) is 23.3 Å². The van der Waals surface area contributed by atoms with Gasteiger partial charge >= 0.3 is 0 Å². The highest BCUT2D eigenvalue weighted by Crippen LogP contribution is 2.19. The standard InChI is InChI=1S/C20H31N3O2/c1-3-23(4-2)18-13-11-17(12-14-18)22-20(25)15-19(24)21-16-9-7-5-6-8-10-16/h11-14,16H,3-10,15H2,1-2H3,(H,21,24)(H,22,25). The molecular weight excluding hydrogens is 314 g/mol. The van der Waals surface area contributed by atoms with Gasteiger partial charge in [0.1, 0.15) is 6.42 Å². The van der Waals surface area contributed by atoms with E-state index in [2.05, 4.69) is 29.4 Å². The van der Waals surface area contributed by atoms with Crippen molar-refractivity contribution in [2.24, 2.45) is 0 Å². The molecule has 0 aromatic heterocycles. The van der Waals surface area contributed by atoms with Crippen molar-refractivity contribution in [3.8, 4) is 0 Å². The molecule has 0 aliphatic heterocycles. The van der Waals surface area contributed by atoms with Gasteiger partial charge in [-0.05, 0) is 51.0 Å². The van der Waals surface area contributed by atoms with Crippen molar-refractivity contribution in [1.82, 2.24) is 5.32 Å². The molecule has 0 saturated heterocycles. The third-order valence-corrected chi connectivity index (χ3v) is 4.82. The lowest BCUT2D eigenvalue weighted by Crippen LogP contribution is -2.36. The topological polar surface area (TPSA) is 61.4 Å². The van der Waals surface area contributed by atoms with Gasteiger partial charge in [0.05, 0.1) is 0 Å². The Morgan fingerprint density at radius 1 is 0.960 bits per heavy atom. The average molecular weight is 345 g/mol. The molecule has 1 aromatic rings. The van der Waals surface area contributed by atoms with Gasteiger partial charge < -0.3 is 15.5 Å². The van der Waals surface area contributed by atoms with Gasteiger partial charge in [0.2, 0.25) is 11.8 Å². The van der Waals surface area contributed by atoms with Crippen molar-refractivity contribution < 1.29 is 9.59 Å². The molecule has 0 bridgehead atoms. The lowest BCUT2D eigenvalue weighted by atomic mass is 10.1. The van der Waals surface area contributed by atoms with E-state index in [-0.39, 0.29) is 24.3 Å². The van der Waals surface area contributed by atoms with Gasteiger partial charge in [0.25, 0.3) is 0 Å². The second-order valence-electron chi connectivity index (χ2n) is 6.70. The minimum Gasteiger partial charge on any atom is -0.372 e. The van der Waals surface area contributed by atoms with Crippen LogP contribution < -0.4 is 15.5 Å². The normalized spacial score (nSPS) is 15.3. The second kappa shape index (κ2) is 10.1. The predicted molar refractivity (Wildman–Crippen MR) is 103 cm³/mol. The molecule has 0 radical (unpaired) electrons. The molecule has 1 saturated carbocycles. The van der Waals surface area contributed by atoms with E-state index in [4.69, 9.17) is 0 Å². The number of carbonyl (C=O) groups is 2. The summed E-state index contributed by atoms with van der Waals surface area (Å²) in [5.74, 6) is -0.439. The summed E-state index contributed by atoms with van der Waals surface area (Å²) < 4.78 is 0. The minimum absolute atomic E-state index is 0.117. The van der Waals surface area contributed by atoms with Crippen molar-refractivity contribution in [3.05, 3.63) is 24.3 Å². The molecule has 1 aromatic carbocycles. The fourth-order valence-corrected chi connectivity index (χ4v) is 3.40. The van der Waals surface area contributed by atoms with E-state index < -0.39 is 0 Å². The van der Waals surface area contributed by atoms with Crippen LogP contribution in [0.15, 0.2) is 24.3 Å². The number of anilines is 2. The highest BCUT2D eigenvalue weighted by atomic mass is 16.2. The van der Waals surface area contributed by atoms with Crippen LogP contribution in [-0.4, -0.2) is 30.9 Å². The van der Waals surface area contributed by atoms with E-state index in [1.807, 2.05) is 24.3 Å². The van der Waals surface area contributed by atoms with Gasteiger partial charge in [-0.3, -0.25) is 9.59 Å². The largest absolute Gasteiger partial charge is 0.372 e. The van der Waals surface area contributed by atoms with Crippen LogP contribution in [0, 0.1) is 0 Å². The lowest BCUT2D eigenvalue weighted by Gasteiger charge is -2.21. The summed E-state index contributed by atoms with van der Waals surface area (Å²) in [4.78, 5) is 26.4. The van der Waals surface area contributed by atoms with E-state index in [1.165, 1.54) is 12.8 Å². The molecule has 0 atom stereocenters. The molecule has 0 heterocycles. The average Bonchev–Trinajstić information content (AvgIpc) is 2.86. The van der Waals surface area contributed by atoms with E-state index in [0.29, 0.717) is 0 Å². The van der Waals surface area contributed by atoms with Crippen LogP contribution in [0.4, 0.5) is 11.4 Å². The maximum atomic E-state index is 12.1. The Balaban J connectivity index is 1.79. The summed E-state index contributed by atoms with van der Waals surface area (Å²) in [5, 5.41) is 5.81. The number of nitrogens with zero attached hydrogens (tertiary/aromatic N) is 1. The molecule has 1 aliphatic carbocycles. The highest BCUT2D eigenvalue weighted by molar-refractivity contribution is 6.03. The zero-order chi connectivity index (χ0) is 18.1. The van der Waals surface area contributed by atoms with Crippen LogP contribution in [0.3, 0.4) is 0 Å². The summed E-state index contributed by atoms with van der Waals surface area (Å²) >= 11 is 0. The summed E-state index contributed by atoms with van der Waals surface area (Å²) in [5.41, 5.74) is 1.86. The van der Waals surface area contributed by atoms with Crippen molar-refractivity contribution >= 4 is 23.2 Å².